The van der Waals surface area contributed by atoms with Crippen LogP contribution in [0, 0.1) is 0 Å². The average Bonchev–Trinajstić information content (AvgIpc) is 4.11. The van der Waals surface area contributed by atoms with Crippen LogP contribution in [0.3, 0.4) is 0 Å². The van der Waals surface area contributed by atoms with E-state index in [1.54, 1.807) is 11.1 Å². The van der Waals surface area contributed by atoms with Gasteiger partial charge in [-0.1, -0.05) is 97.1 Å². The summed E-state index contributed by atoms with van der Waals surface area (Å²) >= 11 is 0. The van der Waals surface area contributed by atoms with Gasteiger partial charge in [0.2, 0.25) is 5.91 Å². The molecule has 3 aliphatic heterocycles. The van der Waals surface area contributed by atoms with E-state index in [2.05, 4.69) is 20.5 Å². The number of H-pyrrole nitrogens is 1. The molecular weight excluding hydrogens is 759 g/mol. The van der Waals surface area contributed by atoms with Gasteiger partial charge in [0.1, 0.15) is 17.9 Å². The molecule has 0 aliphatic carbocycles. The van der Waals surface area contributed by atoms with E-state index in [-0.39, 0.29) is 35.8 Å². The van der Waals surface area contributed by atoms with Crippen molar-refractivity contribution >= 4 is 23.8 Å². The third kappa shape index (κ3) is 8.97. The molecule has 60 heavy (non-hydrogen) atoms. The Morgan fingerprint density at radius 2 is 1.37 bits per heavy atom. The Kier molecular flexibility index (Phi) is 12.6. The minimum Gasteiger partial charge on any atom is -0.453 e. The summed E-state index contributed by atoms with van der Waals surface area (Å²) in [6.45, 7) is 4.23. The van der Waals surface area contributed by atoms with Crippen LogP contribution in [0.15, 0.2) is 115 Å². The number of likely N-dealkylation sites (tertiary alicyclic amines) is 2. The number of benzene rings is 4. The molecule has 13 heteroatoms. The Morgan fingerprint density at radius 3 is 2.05 bits per heavy atom. The van der Waals surface area contributed by atoms with E-state index in [0.717, 1.165) is 53.6 Å². The van der Waals surface area contributed by atoms with Crippen LogP contribution < -0.4 is 10.6 Å². The normalized spacial score (nSPS) is 19.1. The van der Waals surface area contributed by atoms with Crippen LogP contribution >= 0.6 is 0 Å². The summed E-state index contributed by atoms with van der Waals surface area (Å²) in [6.07, 6.45) is 4.41. The molecule has 3 saturated heterocycles. The summed E-state index contributed by atoms with van der Waals surface area (Å²) in [5.41, 5.74) is 5.96. The molecule has 3 aliphatic rings. The Morgan fingerprint density at radius 1 is 0.750 bits per heavy atom. The number of amides is 4. The van der Waals surface area contributed by atoms with Gasteiger partial charge in [0, 0.05) is 44.3 Å². The van der Waals surface area contributed by atoms with Gasteiger partial charge < -0.3 is 34.9 Å². The van der Waals surface area contributed by atoms with Crippen LogP contribution in [0.5, 0.6) is 0 Å². The van der Waals surface area contributed by atoms with Crippen LogP contribution in [-0.4, -0.2) is 108 Å². The maximum Gasteiger partial charge on any atom is 0.407 e. The predicted octanol–water partition coefficient (Wildman–Crippen LogP) is 6.30. The van der Waals surface area contributed by atoms with Crippen molar-refractivity contribution in [3.8, 4) is 22.4 Å². The lowest BCUT2D eigenvalue weighted by Crippen LogP contribution is -2.50. The first-order valence-corrected chi connectivity index (χ1v) is 20.8. The summed E-state index contributed by atoms with van der Waals surface area (Å²) in [6, 6.07) is 33.2. The van der Waals surface area contributed by atoms with Crippen LogP contribution in [-0.2, 0) is 19.1 Å². The zero-order chi connectivity index (χ0) is 41.4. The largest absolute Gasteiger partial charge is 0.453 e. The molecular formula is C47H51N7O6. The molecule has 3 fully saturated rings. The number of ether oxygens (including phenoxy) is 2. The molecule has 4 atom stereocenters. The minimum atomic E-state index is -0.885. The number of methoxy groups -OCH3 is 1. The van der Waals surface area contributed by atoms with Gasteiger partial charge in [-0.2, -0.15) is 0 Å². The lowest BCUT2D eigenvalue weighted by Gasteiger charge is -2.37. The highest BCUT2D eigenvalue weighted by molar-refractivity contribution is 5.95. The number of aromatic nitrogens is 2. The van der Waals surface area contributed by atoms with Crippen molar-refractivity contribution in [1.82, 2.24) is 35.3 Å². The van der Waals surface area contributed by atoms with Crippen molar-refractivity contribution in [3.05, 3.63) is 138 Å². The molecule has 4 heterocycles. The molecule has 0 saturated carbocycles. The third-order valence-corrected chi connectivity index (χ3v) is 11.9. The van der Waals surface area contributed by atoms with Crippen molar-refractivity contribution in [2.45, 2.75) is 49.9 Å². The molecule has 3 N–H and O–H groups in total. The van der Waals surface area contributed by atoms with Gasteiger partial charge in [-0.05, 0) is 65.6 Å². The van der Waals surface area contributed by atoms with Crippen LogP contribution in [0.25, 0.3) is 22.4 Å². The number of carbonyl (C=O) groups excluding carboxylic acids is 4. The van der Waals surface area contributed by atoms with Gasteiger partial charge in [0.15, 0.2) is 0 Å². The second-order valence-electron chi connectivity index (χ2n) is 15.5. The summed E-state index contributed by atoms with van der Waals surface area (Å²) in [7, 11) is 1.28. The molecule has 4 amide bonds. The van der Waals surface area contributed by atoms with Gasteiger partial charge in [0.25, 0.3) is 11.8 Å². The lowest BCUT2D eigenvalue weighted by molar-refractivity contribution is -0.140. The molecule has 0 unspecified atom stereocenters. The highest BCUT2D eigenvalue weighted by atomic mass is 16.5. The van der Waals surface area contributed by atoms with E-state index in [1.165, 1.54) is 7.11 Å². The maximum atomic E-state index is 14.1. The molecule has 5 aromatic rings. The van der Waals surface area contributed by atoms with Gasteiger partial charge in [-0.15, -0.1) is 0 Å². The lowest BCUT2D eigenvalue weighted by atomic mass is 10.0. The number of rotatable bonds is 12. The minimum absolute atomic E-state index is 0.0700. The van der Waals surface area contributed by atoms with Crippen LogP contribution in [0.2, 0.25) is 0 Å². The Labute approximate surface area is 350 Å². The van der Waals surface area contributed by atoms with Crippen molar-refractivity contribution in [2.24, 2.45) is 0 Å². The standard InChI is InChI=1S/C47H51N7O6/c1-59-47(58)51-41(35-10-4-2-5-11-35)45(56)54-25-9-15-40(54)43-48-31-39(50-43)34-20-16-32(17-21-34)33-18-22-37(23-19-33)44(55)49-30-38-14-8-24-53(38)46(57)42(36-12-6-3-7-13-36)52-26-28-60-29-27-52/h2-7,10-13,16-23,31,38,40-42H,8-9,14-15,24-30H2,1H3,(H,48,50)(H,49,55)(H,51,58)/t38-,40-,41+,42+/m0/s1. The van der Waals surface area contributed by atoms with Crippen molar-refractivity contribution in [1.29, 1.82) is 0 Å². The first kappa shape index (κ1) is 40.5. The number of hydrogen-bond donors (Lipinski definition) is 3. The number of nitrogens with zero attached hydrogens (tertiary/aromatic N) is 4. The summed E-state index contributed by atoms with van der Waals surface area (Å²) in [5, 5.41) is 5.81. The number of aromatic amines is 1. The fraction of sp³-hybridized carbons (Fsp3) is 0.340. The van der Waals surface area contributed by atoms with Crippen molar-refractivity contribution in [2.75, 3.05) is 53.0 Å². The quantitative estimate of drug-likeness (QED) is 0.133. The maximum absolute atomic E-state index is 14.1. The Bertz CT molecular complexity index is 2240. The van der Waals surface area contributed by atoms with Gasteiger partial charge in [0.05, 0.1) is 38.3 Å². The van der Waals surface area contributed by atoms with E-state index < -0.39 is 12.1 Å². The molecule has 4 aromatic carbocycles. The number of hydrogen-bond acceptors (Lipinski definition) is 8. The number of nitrogens with one attached hydrogen (secondary N) is 3. The van der Waals surface area contributed by atoms with E-state index in [4.69, 9.17) is 14.5 Å². The topological polar surface area (TPSA) is 149 Å². The first-order chi connectivity index (χ1) is 29.4. The van der Waals surface area contributed by atoms with E-state index >= 15 is 0 Å². The van der Waals surface area contributed by atoms with E-state index in [1.807, 2.05) is 114 Å². The number of carbonyl (C=O) groups is 4. The summed E-state index contributed by atoms with van der Waals surface area (Å²) in [4.78, 5) is 67.7. The molecule has 0 radical (unpaired) electrons. The van der Waals surface area contributed by atoms with Gasteiger partial charge in [-0.25, -0.2) is 9.78 Å². The van der Waals surface area contributed by atoms with Crippen LogP contribution in [0.4, 0.5) is 4.79 Å². The molecule has 13 nitrogen and oxygen atoms in total. The van der Waals surface area contributed by atoms with Crippen molar-refractivity contribution < 1.29 is 28.7 Å². The van der Waals surface area contributed by atoms with Crippen molar-refractivity contribution in [3.63, 3.8) is 0 Å². The third-order valence-electron chi connectivity index (χ3n) is 11.9. The highest BCUT2D eigenvalue weighted by Gasteiger charge is 2.39. The molecule has 0 bridgehead atoms. The fourth-order valence-corrected chi connectivity index (χ4v) is 8.69. The van der Waals surface area contributed by atoms with Crippen LogP contribution in [0.1, 0.15) is 71.1 Å². The van der Waals surface area contributed by atoms with E-state index in [9.17, 15) is 19.2 Å². The monoisotopic (exact) mass is 809 g/mol. The smallest absolute Gasteiger partial charge is 0.407 e. The summed E-state index contributed by atoms with van der Waals surface area (Å²) in [5.74, 6) is 0.385. The number of imidazole rings is 1. The fourth-order valence-electron chi connectivity index (χ4n) is 8.69. The van der Waals surface area contributed by atoms with Gasteiger partial charge in [-0.3, -0.25) is 19.3 Å². The Hall–Kier alpha value is -6.31. The number of morpholine rings is 1. The second-order valence-corrected chi connectivity index (χ2v) is 15.5. The molecule has 0 spiro atoms. The first-order valence-electron chi connectivity index (χ1n) is 20.8. The summed E-state index contributed by atoms with van der Waals surface area (Å²) < 4.78 is 10.4. The number of alkyl carbamates (subject to hydrolysis) is 1. The second kappa shape index (κ2) is 18.7. The highest BCUT2D eigenvalue weighted by Crippen LogP contribution is 2.35. The zero-order valence-electron chi connectivity index (χ0n) is 33.8. The SMILES string of the molecule is COC(=O)N[C@@H](C(=O)N1CCC[C@H]1c1ncc(-c2ccc(-c3ccc(C(=O)NC[C@@H]4CCCN4C(=O)[C@@H](c4ccccc4)N4CCOCC4)cc3)cc2)[nH]1)c1ccccc1. The van der Waals surface area contributed by atoms with E-state index in [0.29, 0.717) is 62.9 Å². The average molecular weight is 810 g/mol. The molecule has 310 valence electrons. The Balaban J connectivity index is 0.880. The van der Waals surface area contributed by atoms with Gasteiger partial charge >= 0.3 is 6.09 Å². The predicted molar refractivity (Wildman–Crippen MR) is 227 cm³/mol. The zero-order valence-corrected chi connectivity index (χ0v) is 33.8. The molecule has 1 aromatic heterocycles. The molecule has 8 rings (SSSR count).